The summed E-state index contributed by atoms with van der Waals surface area (Å²) < 4.78 is 0. The molecule has 7 heteroatoms. The molecule has 28 heavy (non-hydrogen) atoms. The van der Waals surface area contributed by atoms with Crippen molar-refractivity contribution < 1.29 is 14.7 Å². The Hall–Kier alpha value is -3.06. The number of aliphatic hydroxyl groups is 1. The van der Waals surface area contributed by atoms with Crippen molar-refractivity contribution in [1.29, 1.82) is 0 Å². The SMILES string of the molecule is CN(CC[C@H](O)c1ccccc1)C(=O)Nc1cccc(N2CCN(C)C2=O)c1. The number of anilines is 2. The van der Waals surface area contributed by atoms with E-state index in [-0.39, 0.29) is 12.1 Å². The van der Waals surface area contributed by atoms with Crippen molar-refractivity contribution in [2.45, 2.75) is 12.5 Å². The summed E-state index contributed by atoms with van der Waals surface area (Å²) in [5, 5.41) is 13.1. The molecule has 0 radical (unpaired) electrons. The van der Waals surface area contributed by atoms with E-state index in [1.54, 1.807) is 36.0 Å². The third kappa shape index (κ3) is 4.61. The molecule has 0 aliphatic carbocycles. The number of nitrogens with one attached hydrogen (secondary N) is 1. The Morgan fingerprint density at radius 1 is 1.18 bits per heavy atom. The number of carbonyl (C=O) groups is 2. The number of likely N-dealkylation sites (N-methyl/N-ethyl adjacent to an activating group) is 1. The number of hydrogen-bond donors (Lipinski definition) is 2. The largest absolute Gasteiger partial charge is 0.388 e. The molecule has 1 aliphatic rings. The number of urea groups is 2. The number of hydrogen-bond acceptors (Lipinski definition) is 3. The van der Waals surface area contributed by atoms with E-state index in [1.807, 2.05) is 42.5 Å². The summed E-state index contributed by atoms with van der Waals surface area (Å²) >= 11 is 0. The van der Waals surface area contributed by atoms with Gasteiger partial charge in [0.2, 0.25) is 0 Å². The first-order valence-electron chi connectivity index (χ1n) is 9.33. The second-order valence-corrected chi connectivity index (χ2v) is 6.97. The fraction of sp³-hybridized carbons (Fsp3) is 0.333. The van der Waals surface area contributed by atoms with Gasteiger partial charge in [0.1, 0.15) is 0 Å². The molecule has 148 valence electrons. The highest BCUT2D eigenvalue weighted by atomic mass is 16.3. The second kappa shape index (κ2) is 8.75. The molecule has 1 saturated heterocycles. The molecule has 1 atom stereocenters. The van der Waals surface area contributed by atoms with E-state index in [9.17, 15) is 14.7 Å². The summed E-state index contributed by atoms with van der Waals surface area (Å²) in [5.74, 6) is 0. The van der Waals surface area contributed by atoms with Crippen molar-refractivity contribution in [1.82, 2.24) is 9.80 Å². The number of carbonyl (C=O) groups excluding carboxylic acids is 2. The maximum Gasteiger partial charge on any atom is 0.324 e. The number of nitrogens with zero attached hydrogens (tertiary/aromatic N) is 3. The monoisotopic (exact) mass is 382 g/mol. The summed E-state index contributed by atoms with van der Waals surface area (Å²) in [7, 11) is 3.46. The zero-order valence-corrected chi connectivity index (χ0v) is 16.2. The van der Waals surface area contributed by atoms with E-state index in [0.717, 1.165) is 11.3 Å². The molecule has 0 unspecified atom stereocenters. The van der Waals surface area contributed by atoms with Crippen LogP contribution in [0.25, 0.3) is 0 Å². The lowest BCUT2D eigenvalue weighted by Crippen LogP contribution is -2.33. The first-order chi connectivity index (χ1) is 13.5. The lowest BCUT2D eigenvalue weighted by Gasteiger charge is -2.21. The van der Waals surface area contributed by atoms with Crippen molar-refractivity contribution in [2.75, 3.05) is 43.9 Å². The van der Waals surface area contributed by atoms with Crippen LogP contribution in [-0.2, 0) is 0 Å². The Bertz CT molecular complexity index is 827. The fourth-order valence-electron chi connectivity index (χ4n) is 3.12. The maximum atomic E-state index is 12.5. The normalized spacial score (nSPS) is 14.9. The predicted molar refractivity (Wildman–Crippen MR) is 109 cm³/mol. The van der Waals surface area contributed by atoms with Crippen molar-refractivity contribution in [3.05, 3.63) is 60.2 Å². The first kappa shape index (κ1) is 19.7. The molecule has 2 aromatic carbocycles. The van der Waals surface area contributed by atoms with E-state index >= 15 is 0 Å². The van der Waals surface area contributed by atoms with Gasteiger partial charge in [0.05, 0.1) is 6.10 Å². The average molecular weight is 382 g/mol. The summed E-state index contributed by atoms with van der Waals surface area (Å²) in [5.41, 5.74) is 2.22. The quantitative estimate of drug-likeness (QED) is 0.806. The molecule has 1 heterocycles. The van der Waals surface area contributed by atoms with Gasteiger partial charge in [0.25, 0.3) is 0 Å². The maximum absolute atomic E-state index is 12.5. The Kier molecular flexibility index (Phi) is 6.16. The van der Waals surface area contributed by atoms with Crippen LogP contribution in [0.5, 0.6) is 0 Å². The predicted octanol–water partition coefficient (Wildman–Crippen LogP) is 3.15. The summed E-state index contributed by atoms with van der Waals surface area (Å²) in [6, 6.07) is 16.3. The Labute approximate surface area is 165 Å². The van der Waals surface area contributed by atoms with Crippen molar-refractivity contribution >= 4 is 23.4 Å². The zero-order valence-electron chi connectivity index (χ0n) is 16.2. The van der Waals surface area contributed by atoms with Crippen LogP contribution in [0.15, 0.2) is 54.6 Å². The lowest BCUT2D eigenvalue weighted by molar-refractivity contribution is 0.152. The van der Waals surface area contributed by atoms with Gasteiger partial charge in [-0.15, -0.1) is 0 Å². The molecule has 2 aromatic rings. The van der Waals surface area contributed by atoms with Crippen LogP contribution in [0.4, 0.5) is 21.0 Å². The first-order valence-corrected chi connectivity index (χ1v) is 9.33. The zero-order chi connectivity index (χ0) is 20.1. The minimum Gasteiger partial charge on any atom is -0.388 e. The highest BCUT2D eigenvalue weighted by molar-refractivity contribution is 5.95. The standard InChI is InChI=1S/C21H26N4O3/c1-23(12-11-19(26)16-7-4-3-5-8-16)20(27)22-17-9-6-10-18(15-17)25-14-13-24(2)21(25)28/h3-10,15,19,26H,11-14H2,1-2H3,(H,22,27)/t19-/m0/s1. The minimum absolute atomic E-state index is 0.0458. The topological polar surface area (TPSA) is 76.1 Å². The number of amides is 4. The Balaban J connectivity index is 1.55. The van der Waals surface area contributed by atoms with E-state index < -0.39 is 6.10 Å². The molecule has 2 N–H and O–H groups in total. The van der Waals surface area contributed by atoms with E-state index in [1.165, 1.54) is 4.90 Å². The molecule has 3 rings (SSSR count). The highest BCUT2D eigenvalue weighted by Crippen LogP contribution is 2.23. The van der Waals surface area contributed by atoms with Gasteiger partial charge in [-0.05, 0) is 30.2 Å². The summed E-state index contributed by atoms with van der Waals surface area (Å²) in [6.07, 6.45) is -0.166. The minimum atomic E-state index is -0.613. The third-order valence-electron chi connectivity index (χ3n) is 4.89. The second-order valence-electron chi connectivity index (χ2n) is 6.97. The molecular formula is C21H26N4O3. The number of aliphatic hydroxyl groups excluding tert-OH is 1. The van der Waals surface area contributed by atoms with Crippen molar-refractivity contribution in [2.24, 2.45) is 0 Å². The summed E-state index contributed by atoms with van der Waals surface area (Å²) in [4.78, 5) is 29.5. The molecule has 1 fully saturated rings. The molecular weight excluding hydrogens is 356 g/mol. The van der Waals surface area contributed by atoms with Crippen LogP contribution in [-0.4, -0.2) is 60.7 Å². The van der Waals surface area contributed by atoms with Crippen molar-refractivity contribution in [3.8, 4) is 0 Å². The van der Waals surface area contributed by atoms with Crippen LogP contribution in [0.1, 0.15) is 18.1 Å². The summed E-state index contributed by atoms with van der Waals surface area (Å²) in [6.45, 7) is 1.73. The van der Waals surface area contributed by atoms with E-state index in [0.29, 0.717) is 31.7 Å². The Morgan fingerprint density at radius 3 is 2.61 bits per heavy atom. The molecule has 0 aromatic heterocycles. The van der Waals surface area contributed by atoms with Gasteiger partial charge in [0.15, 0.2) is 0 Å². The van der Waals surface area contributed by atoms with Gasteiger partial charge in [-0.2, -0.15) is 0 Å². The van der Waals surface area contributed by atoms with Gasteiger partial charge in [-0.25, -0.2) is 9.59 Å². The Morgan fingerprint density at radius 2 is 1.93 bits per heavy atom. The number of rotatable bonds is 6. The van der Waals surface area contributed by atoms with Gasteiger partial charge in [-0.1, -0.05) is 36.4 Å². The van der Waals surface area contributed by atoms with Gasteiger partial charge in [0, 0.05) is 45.1 Å². The average Bonchev–Trinajstić information content (AvgIpc) is 3.05. The molecule has 0 spiro atoms. The lowest BCUT2D eigenvalue weighted by atomic mass is 10.1. The molecule has 0 bridgehead atoms. The highest BCUT2D eigenvalue weighted by Gasteiger charge is 2.26. The molecule has 1 aliphatic heterocycles. The van der Waals surface area contributed by atoms with Gasteiger partial charge >= 0.3 is 12.1 Å². The van der Waals surface area contributed by atoms with Crippen LogP contribution < -0.4 is 10.2 Å². The van der Waals surface area contributed by atoms with Crippen molar-refractivity contribution in [3.63, 3.8) is 0 Å². The molecule has 0 saturated carbocycles. The number of benzene rings is 2. The van der Waals surface area contributed by atoms with Gasteiger partial charge in [-0.3, -0.25) is 4.90 Å². The molecule has 7 nitrogen and oxygen atoms in total. The van der Waals surface area contributed by atoms with E-state index in [4.69, 9.17) is 0 Å². The van der Waals surface area contributed by atoms with Gasteiger partial charge < -0.3 is 20.2 Å². The third-order valence-corrected chi connectivity index (χ3v) is 4.89. The van der Waals surface area contributed by atoms with Crippen LogP contribution in [0, 0.1) is 0 Å². The molecule has 4 amide bonds. The van der Waals surface area contributed by atoms with E-state index in [2.05, 4.69) is 5.32 Å². The van der Waals surface area contributed by atoms with Crippen LogP contribution in [0.3, 0.4) is 0 Å². The fourth-order valence-corrected chi connectivity index (χ4v) is 3.12. The smallest absolute Gasteiger partial charge is 0.324 e. The van der Waals surface area contributed by atoms with Crippen LogP contribution in [0.2, 0.25) is 0 Å². The van der Waals surface area contributed by atoms with Crippen LogP contribution >= 0.6 is 0 Å².